The van der Waals surface area contributed by atoms with Crippen LogP contribution in [0.25, 0.3) is 0 Å². The van der Waals surface area contributed by atoms with E-state index in [0.717, 1.165) is 16.3 Å². The lowest BCUT2D eigenvalue weighted by molar-refractivity contribution is 0.592. The summed E-state index contributed by atoms with van der Waals surface area (Å²) in [6, 6.07) is 7.73. The highest BCUT2D eigenvalue weighted by Crippen LogP contribution is 2.62. The lowest BCUT2D eigenvalue weighted by atomic mass is 10.5. The van der Waals surface area contributed by atoms with E-state index in [9.17, 15) is 0 Å². The number of allylic oxidation sites excluding steroid dienone is 4. The number of halogens is 2. The largest absolute Gasteiger partial charge is 0.464 e. The molecule has 0 aliphatic heterocycles. The molecule has 2 heterocycles. The van der Waals surface area contributed by atoms with Gasteiger partial charge in [0.1, 0.15) is 17.6 Å². The summed E-state index contributed by atoms with van der Waals surface area (Å²) < 4.78 is 11.2. The first kappa shape index (κ1) is 13.5. The molecule has 0 saturated carbocycles. The minimum absolute atomic E-state index is 0.147. The van der Waals surface area contributed by atoms with Crippen molar-refractivity contribution < 1.29 is 8.83 Å². The van der Waals surface area contributed by atoms with Gasteiger partial charge in [0.2, 0.25) is 0 Å². The second-order valence-electron chi connectivity index (χ2n) is 3.93. The number of hydrogen-bond acceptors (Lipinski definition) is 2. The minimum Gasteiger partial charge on any atom is -0.464 e. The molecule has 19 heavy (non-hydrogen) atoms. The minimum atomic E-state index is -1.15. The van der Waals surface area contributed by atoms with Gasteiger partial charge in [0.05, 0.1) is 12.5 Å². The third-order valence-electron chi connectivity index (χ3n) is 2.82. The maximum atomic E-state index is 6.12. The summed E-state index contributed by atoms with van der Waals surface area (Å²) in [5.74, 6) is 0. The average molecular weight is 331 g/mol. The topological polar surface area (TPSA) is 26.3 Å². The molecule has 0 saturated heterocycles. The Balaban J connectivity index is 2.01. The summed E-state index contributed by atoms with van der Waals surface area (Å²) in [5, 5.41) is 1.05. The van der Waals surface area contributed by atoms with Crippen LogP contribution in [0.15, 0.2) is 69.2 Å². The van der Waals surface area contributed by atoms with Gasteiger partial charge in [-0.1, -0.05) is 40.7 Å². The van der Waals surface area contributed by atoms with Crippen molar-refractivity contribution in [2.75, 3.05) is 0 Å². The van der Waals surface area contributed by atoms with Crippen LogP contribution in [0, 0.1) is 0 Å². The Morgan fingerprint density at radius 3 is 2.11 bits per heavy atom. The molecule has 1 atom stereocenters. The van der Waals surface area contributed by atoms with Gasteiger partial charge in [-0.3, -0.25) is 0 Å². The van der Waals surface area contributed by atoms with E-state index in [1.165, 1.54) is 0 Å². The number of hydrogen-bond donors (Lipinski definition) is 0. The quantitative estimate of drug-likeness (QED) is 0.744. The molecule has 2 aromatic rings. The summed E-state index contributed by atoms with van der Waals surface area (Å²) in [5.41, 5.74) is 1.98. The van der Waals surface area contributed by atoms with Crippen LogP contribution in [0.4, 0.5) is 0 Å². The van der Waals surface area contributed by atoms with Gasteiger partial charge >= 0.3 is 0 Å². The summed E-state index contributed by atoms with van der Waals surface area (Å²) in [6.45, 7) is -1.15. The van der Waals surface area contributed by atoms with E-state index in [1.807, 2.05) is 36.4 Å². The molecule has 0 N–H and O–H groups in total. The molecule has 0 unspecified atom stereocenters. The van der Waals surface area contributed by atoms with Crippen LogP contribution >= 0.6 is 37.0 Å². The average Bonchev–Trinajstić information content (AvgIpc) is 3.12. The van der Waals surface area contributed by atoms with Gasteiger partial charge in [0.25, 0.3) is 0 Å². The second-order valence-corrected chi connectivity index (χ2v) is 9.63. The van der Waals surface area contributed by atoms with Gasteiger partial charge in [-0.25, -0.2) is 0 Å². The van der Waals surface area contributed by atoms with Gasteiger partial charge in [-0.2, -0.15) is 0 Å². The Hall–Kier alpha value is -0.520. The van der Waals surface area contributed by atoms with E-state index in [1.54, 1.807) is 12.5 Å². The van der Waals surface area contributed by atoms with Crippen molar-refractivity contribution in [2.45, 2.75) is 5.66 Å². The Morgan fingerprint density at radius 2 is 1.63 bits per heavy atom. The summed E-state index contributed by atoms with van der Waals surface area (Å²) in [7, 11) is -0.791. The highest BCUT2D eigenvalue weighted by molar-refractivity contribution is 8.07. The monoisotopic (exact) mass is 330 g/mol. The van der Waals surface area contributed by atoms with Gasteiger partial charge in [-0.05, 0) is 29.6 Å². The first-order chi connectivity index (χ1) is 9.27. The number of rotatable bonds is 4. The van der Waals surface area contributed by atoms with E-state index in [2.05, 4.69) is 6.08 Å². The van der Waals surface area contributed by atoms with E-state index in [0.29, 0.717) is 0 Å². The third kappa shape index (κ3) is 2.69. The first-order valence-corrected chi connectivity index (χ1v) is 10.2. The van der Waals surface area contributed by atoms with E-state index < -0.39 is 14.5 Å². The fourth-order valence-corrected chi connectivity index (χ4v) is 6.81. The van der Waals surface area contributed by atoms with Crippen molar-refractivity contribution in [3.63, 3.8) is 0 Å². The smallest absolute Gasteiger partial charge is 0.134 e. The van der Waals surface area contributed by atoms with E-state index in [-0.39, 0.29) is 5.66 Å². The summed E-state index contributed by atoms with van der Waals surface area (Å²) in [6.07, 6.45) is 9.48. The molecule has 0 bridgehead atoms. The zero-order chi connectivity index (χ0) is 13.2. The van der Waals surface area contributed by atoms with Crippen LogP contribution in [-0.4, -0.2) is 5.66 Å². The second kappa shape index (κ2) is 5.85. The van der Waals surface area contributed by atoms with Crippen molar-refractivity contribution in [3.05, 3.63) is 60.3 Å². The molecule has 2 nitrogen and oxygen atoms in total. The van der Waals surface area contributed by atoms with Crippen molar-refractivity contribution in [1.29, 1.82) is 0 Å². The maximum absolute atomic E-state index is 6.12. The molecule has 0 spiro atoms. The fraction of sp³-hybridized carbons (Fsp3) is 0.0769. The van der Waals surface area contributed by atoms with Gasteiger partial charge in [0, 0.05) is 13.6 Å². The van der Waals surface area contributed by atoms with Crippen LogP contribution in [-0.2, 0) is 0 Å². The van der Waals surface area contributed by atoms with Crippen molar-refractivity contribution >= 4 is 48.0 Å². The standard InChI is InChI=1S/C13H10Cl2O2P2/c14-19(15)11-5-1-4-10(11)18(12-6-2-8-16-12)13-7-3-9-17-13/h1-10H/t10-/m1/s1. The van der Waals surface area contributed by atoms with Crippen LogP contribution in [0.3, 0.4) is 0 Å². The fourth-order valence-electron chi connectivity index (χ4n) is 2.03. The SMILES string of the molecule is ClP(Cl)C1=CC=C[C@H]1P(c1ccco1)c1ccco1. The Morgan fingerprint density at radius 1 is 1.00 bits per heavy atom. The van der Waals surface area contributed by atoms with Crippen LogP contribution < -0.4 is 11.0 Å². The molecule has 98 valence electrons. The number of furan rings is 2. The maximum Gasteiger partial charge on any atom is 0.134 e. The highest BCUT2D eigenvalue weighted by Gasteiger charge is 2.34. The van der Waals surface area contributed by atoms with Crippen LogP contribution in [0.1, 0.15) is 0 Å². The normalized spacial score (nSPS) is 18.5. The van der Waals surface area contributed by atoms with Crippen molar-refractivity contribution in [3.8, 4) is 0 Å². The Labute approximate surface area is 123 Å². The van der Waals surface area contributed by atoms with Gasteiger partial charge in [-0.15, -0.1) is 0 Å². The molecule has 0 radical (unpaired) electrons. The Kier molecular flexibility index (Phi) is 4.15. The predicted molar refractivity (Wildman–Crippen MR) is 83.2 cm³/mol. The van der Waals surface area contributed by atoms with Crippen molar-refractivity contribution in [2.24, 2.45) is 0 Å². The molecule has 0 fully saturated rings. The Bertz CT molecular complexity index is 554. The molecule has 1 aliphatic carbocycles. The van der Waals surface area contributed by atoms with Gasteiger partial charge in [0.15, 0.2) is 0 Å². The zero-order valence-corrected chi connectivity index (χ0v) is 13.0. The van der Waals surface area contributed by atoms with Crippen LogP contribution in [0.2, 0.25) is 0 Å². The molecular formula is C13H10Cl2O2P2. The van der Waals surface area contributed by atoms with E-state index >= 15 is 0 Å². The highest BCUT2D eigenvalue weighted by atomic mass is 35.9. The summed E-state index contributed by atoms with van der Waals surface area (Å²) >= 11 is 12.2. The molecule has 0 amide bonds. The van der Waals surface area contributed by atoms with Crippen LogP contribution in [0.5, 0.6) is 0 Å². The molecular weight excluding hydrogens is 321 g/mol. The first-order valence-electron chi connectivity index (χ1n) is 5.63. The molecule has 1 aliphatic rings. The molecule has 2 aromatic heterocycles. The molecule has 3 rings (SSSR count). The van der Waals surface area contributed by atoms with E-state index in [4.69, 9.17) is 31.3 Å². The van der Waals surface area contributed by atoms with Gasteiger partial charge < -0.3 is 8.83 Å². The van der Waals surface area contributed by atoms with Crippen molar-refractivity contribution in [1.82, 2.24) is 0 Å². The lowest BCUT2D eigenvalue weighted by Gasteiger charge is -2.22. The molecule has 6 heteroatoms. The third-order valence-corrected chi connectivity index (χ3v) is 7.48. The lowest BCUT2D eigenvalue weighted by Crippen LogP contribution is -2.18. The summed E-state index contributed by atoms with van der Waals surface area (Å²) in [4.78, 5) is 0. The predicted octanol–water partition coefficient (Wildman–Crippen LogP) is 4.92. The molecule has 0 aromatic carbocycles. The zero-order valence-electron chi connectivity index (χ0n) is 9.74.